The Morgan fingerprint density at radius 2 is 1.62 bits per heavy atom. The number of rotatable bonds is 6. The number of carbonyl (C=O) groups excluding carboxylic acids is 2. The van der Waals surface area contributed by atoms with Gasteiger partial charge in [-0.2, -0.15) is 0 Å². The molecular weight excluding hydrogens is 332 g/mol. The van der Waals surface area contributed by atoms with Crippen LogP contribution in [0, 0.1) is 0 Å². The fourth-order valence-electron chi connectivity index (χ4n) is 1.76. The Morgan fingerprint density at radius 3 is 2.33 bits per heavy atom. The molecule has 0 unspecified atom stereocenters. The molecule has 2 rings (SSSR count). The molecule has 2 aromatic carbocycles. The molecule has 0 aliphatic carbocycles. The van der Waals surface area contributed by atoms with Crippen LogP contribution in [0.4, 0.5) is 15.3 Å². The zero-order chi connectivity index (χ0) is 17.2. The van der Waals surface area contributed by atoms with E-state index < -0.39 is 12.2 Å². The Morgan fingerprint density at radius 1 is 0.917 bits per heavy atom. The molecule has 24 heavy (non-hydrogen) atoms. The summed E-state index contributed by atoms with van der Waals surface area (Å²) < 4.78 is 9.96. The molecule has 126 valence electrons. The van der Waals surface area contributed by atoms with Crippen LogP contribution >= 0.6 is 11.6 Å². The van der Waals surface area contributed by atoms with Gasteiger partial charge in [-0.05, 0) is 29.8 Å². The van der Waals surface area contributed by atoms with Crippen molar-refractivity contribution in [2.75, 3.05) is 18.5 Å². The predicted octanol–water partition coefficient (Wildman–Crippen LogP) is 3.81. The van der Waals surface area contributed by atoms with Gasteiger partial charge in [0, 0.05) is 10.7 Å². The van der Waals surface area contributed by atoms with Crippen molar-refractivity contribution in [2.24, 2.45) is 0 Å². The highest BCUT2D eigenvalue weighted by molar-refractivity contribution is 6.30. The molecule has 0 aliphatic rings. The number of anilines is 1. The third-order valence-electron chi connectivity index (χ3n) is 2.91. The van der Waals surface area contributed by atoms with Gasteiger partial charge in [-0.25, -0.2) is 9.59 Å². The normalized spacial score (nSPS) is 9.88. The van der Waals surface area contributed by atoms with Crippen molar-refractivity contribution < 1.29 is 19.1 Å². The number of nitrogens with one attached hydrogen (secondary N) is 2. The first-order valence-electron chi connectivity index (χ1n) is 7.27. The molecule has 0 bridgehead atoms. The van der Waals surface area contributed by atoms with E-state index in [0.29, 0.717) is 10.7 Å². The zero-order valence-corrected chi connectivity index (χ0v) is 13.6. The number of amides is 2. The maximum Gasteiger partial charge on any atom is 0.411 e. The van der Waals surface area contributed by atoms with Crippen LogP contribution in [0.15, 0.2) is 54.6 Å². The van der Waals surface area contributed by atoms with Crippen LogP contribution in [0.25, 0.3) is 0 Å². The summed E-state index contributed by atoms with van der Waals surface area (Å²) in [6, 6.07) is 16.0. The summed E-state index contributed by atoms with van der Waals surface area (Å²) in [5.74, 6) is 0. The van der Waals surface area contributed by atoms with E-state index >= 15 is 0 Å². The second-order valence-electron chi connectivity index (χ2n) is 4.76. The Bertz CT molecular complexity index is 662. The molecule has 0 atom stereocenters. The molecule has 6 nitrogen and oxygen atoms in total. The topological polar surface area (TPSA) is 76.7 Å². The number of ether oxygens (including phenoxy) is 2. The minimum atomic E-state index is -0.614. The van der Waals surface area contributed by atoms with Crippen molar-refractivity contribution in [3.8, 4) is 0 Å². The van der Waals surface area contributed by atoms with Gasteiger partial charge in [-0.1, -0.05) is 41.9 Å². The third-order valence-corrected chi connectivity index (χ3v) is 3.16. The molecule has 0 fully saturated rings. The lowest BCUT2D eigenvalue weighted by Crippen LogP contribution is -2.29. The van der Waals surface area contributed by atoms with Crippen molar-refractivity contribution in [3.05, 3.63) is 65.2 Å². The number of hydrogen-bond donors (Lipinski definition) is 2. The van der Waals surface area contributed by atoms with Gasteiger partial charge in [-0.3, -0.25) is 5.32 Å². The van der Waals surface area contributed by atoms with E-state index in [-0.39, 0.29) is 19.8 Å². The van der Waals surface area contributed by atoms with E-state index in [9.17, 15) is 9.59 Å². The minimum absolute atomic E-state index is 0.0276. The quantitative estimate of drug-likeness (QED) is 0.778. The van der Waals surface area contributed by atoms with Crippen LogP contribution in [0.5, 0.6) is 0 Å². The first-order valence-corrected chi connectivity index (χ1v) is 7.65. The van der Waals surface area contributed by atoms with Crippen molar-refractivity contribution >= 4 is 29.5 Å². The average molecular weight is 349 g/mol. The number of benzene rings is 2. The molecule has 2 N–H and O–H groups in total. The second kappa shape index (κ2) is 9.42. The zero-order valence-electron chi connectivity index (χ0n) is 12.8. The largest absolute Gasteiger partial charge is 0.447 e. The second-order valence-corrected chi connectivity index (χ2v) is 5.19. The summed E-state index contributed by atoms with van der Waals surface area (Å²) >= 11 is 5.75. The molecule has 2 aromatic rings. The summed E-state index contributed by atoms with van der Waals surface area (Å²) in [4.78, 5) is 23.0. The van der Waals surface area contributed by atoms with Gasteiger partial charge in [0.1, 0.15) is 13.2 Å². The van der Waals surface area contributed by atoms with E-state index in [2.05, 4.69) is 10.6 Å². The first kappa shape index (κ1) is 17.6. The van der Waals surface area contributed by atoms with Crippen molar-refractivity contribution in [1.29, 1.82) is 0 Å². The summed E-state index contributed by atoms with van der Waals surface area (Å²) in [6.45, 7) is 0.367. The van der Waals surface area contributed by atoms with Gasteiger partial charge in [0.05, 0.1) is 6.54 Å². The predicted molar refractivity (Wildman–Crippen MR) is 91.1 cm³/mol. The van der Waals surface area contributed by atoms with Crippen LogP contribution in [-0.4, -0.2) is 25.3 Å². The monoisotopic (exact) mass is 348 g/mol. The highest BCUT2D eigenvalue weighted by Gasteiger charge is 2.05. The molecule has 0 aliphatic heterocycles. The van der Waals surface area contributed by atoms with Crippen molar-refractivity contribution in [2.45, 2.75) is 6.61 Å². The molecule has 0 spiro atoms. The molecule has 0 saturated carbocycles. The smallest absolute Gasteiger partial charge is 0.411 e. The van der Waals surface area contributed by atoms with Gasteiger partial charge in [0.15, 0.2) is 0 Å². The van der Waals surface area contributed by atoms with Crippen LogP contribution < -0.4 is 10.6 Å². The summed E-state index contributed by atoms with van der Waals surface area (Å²) in [7, 11) is 0. The molecule has 0 aromatic heterocycles. The van der Waals surface area contributed by atoms with E-state index in [4.69, 9.17) is 21.1 Å². The maximum atomic E-state index is 11.5. The number of alkyl carbamates (subject to hydrolysis) is 1. The van der Waals surface area contributed by atoms with Gasteiger partial charge in [-0.15, -0.1) is 0 Å². The van der Waals surface area contributed by atoms with Gasteiger partial charge in [0.2, 0.25) is 0 Å². The molecule has 0 saturated heterocycles. The SMILES string of the molecule is O=C(NCCOC(=O)Nc1ccc(Cl)cc1)OCc1ccccc1. The van der Waals surface area contributed by atoms with Crippen LogP contribution in [0.2, 0.25) is 5.02 Å². The van der Waals surface area contributed by atoms with Gasteiger partial charge >= 0.3 is 12.2 Å². The number of halogens is 1. The Balaban J connectivity index is 1.57. The lowest BCUT2D eigenvalue weighted by Gasteiger charge is -2.09. The lowest BCUT2D eigenvalue weighted by molar-refractivity contribution is 0.132. The molecular formula is C17H17ClN2O4. The van der Waals surface area contributed by atoms with Gasteiger partial charge < -0.3 is 14.8 Å². The van der Waals surface area contributed by atoms with Crippen LogP contribution in [0.3, 0.4) is 0 Å². The highest BCUT2D eigenvalue weighted by atomic mass is 35.5. The van der Waals surface area contributed by atoms with Crippen LogP contribution in [-0.2, 0) is 16.1 Å². The van der Waals surface area contributed by atoms with Gasteiger partial charge in [0.25, 0.3) is 0 Å². The summed E-state index contributed by atoms with van der Waals surface area (Å²) in [5, 5.41) is 5.61. The van der Waals surface area contributed by atoms with Crippen molar-refractivity contribution in [1.82, 2.24) is 5.32 Å². The highest BCUT2D eigenvalue weighted by Crippen LogP contribution is 2.13. The van der Waals surface area contributed by atoms with Crippen LogP contribution in [0.1, 0.15) is 5.56 Å². The number of hydrogen-bond acceptors (Lipinski definition) is 4. The Hall–Kier alpha value is -2.73. The summed E-state index contributed by atoms with van der Waals surface area (Å²) in [5.41, 5.74) is 1.46. The third kappa shape index (κ3) is 6.58. The van der Waals surface area contributed by atoms with E-state index in [0.717, 1.165) is 5.56 Å². The molecule has 7 heteroatoms. The first-order chi connectivity index (χ1) is 11.6. The van der Waals surface area contributed by atoms with E-state index in [1.165, 1.54) is 0 Å². The Labute approximate surface area is 144 Å². The lowest BCUT2D eigenvalue weighted by atomic mass is 10.2. The average Bonchev–Trinajstić information content (AvgIpc) is 2.60. The fraction of sp³-hybridized carbons (Fsp3) is 0.176. The molecule has 0 heterocycles. The standard InChI is InChI=1S/C17H17ClN2O4/c18-14-6-8-15(9-7-14)20-17(22)23-11-10-19-16(21)24-12-13-4-2-1-3-5-13/h1-9H,10-12H2,(H,19,21)(H,20,22). The number of carbonyl (C=O) groups is 2. The van der Waals surface area contributed by atoms with Crippen molar-refractivity contribution in [3.63, 3.8) is 0 Å². The minimum Gasteiger partial charge on any atom is -0.447 e. The molecule has 0 radical (unpaired) electrons. The summed E-state index contributed by atoms with van der Waals surface area (Å²) in [6.07, 6.45) is -1.18. The maximum absolute atomic E-state index is 11.5. The fourth-order valence-corrected chi connectivity index (χ4v) is 1.88. The van der Waals surface area contributed by atoms with E-state index in [1.54, 1.807) is 24.3 Å². The Kier molecular flexibility index (Phi) is 6.91. The van der Waals surface area contributed by atoms with E-state index in [1.807, 2.05) is 30.3 Å². The molecule has 2 amide bonds.